The molecule has 1 N–H and O–H groups in total. The van der Waals surface area contributed by atoms with Crippen LogP contribution in [0.25, 0.3) is 0 Å². The number of aromatic nitrogens is 1. The van der Waals surface area contributed by atoms with Crippen molar-refractivity contribution in [1.29, 1.82) is 0 Å². The first kappa shape index (κ1) is 19.4. The highest BCUT2D eigenvalue weighted by Gasteiger charge is 2.32. The number of alkyl halides is 3. The number of carbonyl (C=O) groups excluding carboxylic acids is 1. The van der Waals surface area contributed by atoms with Gasteiger partial charge in [-0.25, -0.2) is 0 Å². The molecule has 0 aliphatic carbocycles. The Bertz CT molecular complexity index is 926. The van der Waals surface area contributed by atoms with Gasteiger partial charge in [0.05, 0.1) is 11.8 Å². The molecule has 7 heteroatoms. The summed E-state index contributed by atoms with van der Waals surface area (Å²) in [5.41, 5.74) is -0.140. The lowest BCUT2D eigenvalue weighted by Crippen LogP contribution is -2.26. The predicted molar refractivity (Wildman–Crippen MR) is 98.2 cm³/mol. The smallest absolute Gasteiger partial charge is 0.416 e. The first-order chi connectivity index (χ1) is 13.4. The number of benzene rings is 2. The summed E-state index contributed by atoms with van der Waals surface area (Å²) in [5.74, 6) is 0.754. The van der Waals surface area contributed by atoms with E-state index in [0.29, 0.717) is 17.1 Å². The summed E-state index contributed by atoms with van der Waals surface area (Å²) in [6, 6.07) is 15.3. The molecule has 2 aromatic carbocycles. The van der Waals surface area contributed by atoms with Crippen molar-refractivity contribution in [3.63, 3.8) is 0 Å². The molecule has 3 rings (SSSR count). The average Bonchev–Trinajstić information content (AvgIpc) is 2.69. The summed E-state index contributed by atoms with van der Waals surface area (Å²) in [6.07, 6.45) is -1.12. The lowest BCUT2D eigenvalue weighted by atomic mass is 10.0. The molecule has 1 amide bonds. The highest BCUT2D eigenvalue weighted by atomic mass is 19.4. The van der Waals surface area contributed by atoms with Gasteiger partial charge in [-0.15, -0.1) is 0 Å². The average molecular weight is 386 g/mol. The van der Waals surface area contributed by atoms with E-state index in [4.69, 9.17) is 4.74 Å². The van der Waals surface area contributed by atoms with Crippen molar-refractivity contribution in [2.45, 2.75) is 12.6 Å². The van der Waals surface area contributed by atoms with Gasteiger partial charge < -0.3 is 10.1 Å². The van der Waals surface area contributed by atoms with Gasteiger partial charge in [0, 0.05) is 18.3 Å². The molecule has 0 aliphatic heterocycles. The molecule has 1 heterocycles. The van der Waals surface area contributed by atoms with E-state index in [9.17, 15) is 18.0 Å². The zero-order valence-electron chi connectivity index (χ0n) is 14.7. The fourth-order valence-electron chi connectivity index (χ4n) is 2.65. The molecule has 0 aliphatic rings. The van der Waals surface area contributed by atoms with Crippen LogP contribution >= 0.6 is 0 Å². The number of nitrogens with one attached hydrogen (secondary N) is 1. The quantitative estimate of drug-likeness (QED) is 0.658. The maximum Gasteiger partial charge on any atom is 0.416 e. The monoisotopic (exact) mass is 386 g/mol. The van der Waals surface area contributed by atoms with E-state index >= 15 is 0 Å². The van der Waals surface area contributed by atoms with Crippen molar-refractivity contribution >= 4 is 5.91 Å². The highest BCUT2D eigenvalue weighted by molar-refractivity contribution is 5.94. The number of hydrogen-bond acceptors (Lipinski definition) is 3. The van der Waals surface area contributed by atoms with Gasteiger partial charge in [-0.2, -0.15) is 13.2 Å². The summed E-state index contributed by atoms with van der Waals surface area (Å²) in [4.78, 5) is 16.1. The molecule has 0 radical (unpaired) electrons. The van der Waals surface area contributed by atoms with Gasteiger partial charge in [-0.1, -0.05) is 18.2 Å². The van der Waals surface area contributed by atoms with Crippen molar-refractivity contribution in [1.82, 2.24) is 10.3 Å². The zero-order valence-corrected chi connectivity index (χ0v) is 14.7. The summed E-state index contributed by atoms with van der Waals surface area (Å²) < 4.78 is 44.6. The summed E-state index contributed by atoms with van der Waals surface area (Å²) in [5, 5.41) is 2.64. The summed E-state index contributed by atoms with van der Waals surface area (Å²) >= 11 is 0. The van der Waals surface area contributed by atoms with E-state index in [0.717, 1.165) is 6.07 Å². The van der Waals surface area contributed by atoms with Crippen molar-refractivity contribution in [3.8, 4) is 11.5 Å². The van der Waals surface area contributed by atoms with Crippen molar-refractivity contribution in [3.05, 3.63) is 89.7 Å². The molecule has 0 saturated carbocycles. The lowest BCUT2D eigenvalue weighted by Gasteiger charge is -2.13. The minimum Gasteiger partial charge on any atom is -0.456 e. The van der Waals surface area contributed by atoms with Crippen LogP contribution in [-0.2, 0) is 12.6 Å². The molecule has 144 valence electrons. The maximum atomic E-state index is 13.0. The van der Waals surface area contributed by atoms with Gasteiger partial charge in [-0.3, -0.25) is 9.78 Å². The third-order valence-electron chi connectivity index (χ3n) is 3.99. The molecule has 4 nitrogen and oxygen atoms in total. The lowest BCUT2D eigenvalue weighted by molar-refractivity contribution is -0.138. The number of carbonyl (C=O) groups is 1. The second-order valence-electron chi connectivity index (χ2n) is 5.98. The minimum absolute atomic E-state index is 0.0869. The summed E-state index contributed by atoms with van der Waals surface area (Å²) in [6.45, 7) is 0.0971. The molecule has 0 spiro atoms. The van der Waals surface area contributed by atoms with E-state index < -0.39 is 11.7 Å². The third-order valence-corrected chi connectivity index (χ3v) is 3.99. The van der Waals surface area contributed by atoms with Crippen LogP contribution in [0.15, 0.2) is 73.1 Å². The fraction of sp³-hybridized carbons (Fsp3) is 0.143. The van der Waals surface area contributed by atoms with E-state index in [-0.39, 0.29) is 24.4 Å². The van der Waals surface area contributed by atoms with E-state index in [1.165, 1.54) is 12.1 Å². The normalized spacial score (nSPS) is 11.1. The maximum absolute atomic E-state index is 13.0. The standard InChI is InChI=1S/C21H17F3N2O2/c22-21(23,24)19-6-2-1-4-15(19)11-13-26-20(27)16-7-9-17(10-8-16)28-18-5-3-12-25-14-18/h1-10,12,14H,11,13H2,(H,26,27). The molecule has 3 aromatic rings. The molecule has 0 fully saturated rings. The van der Waals surface area contributed by atoms with E-state index in [1.54, 1.807) is 54.9 Å². The molecule has 1 aromatic heterocycles. The van der Waals surface area contributed by atoms with Gasteiger partial charge in [-0.05, 0) is 54.4 Å². The fourth-order valence-corrected chi connectivity index (χ4v) is 2.65. The Hall–Kier alpha value is -3.35. The largest absolute Gasteiger partial charge is 0.456 e. The number of rotatable bonds is 6. The number of pyridine rings is 1. The number of nitrogens with zero attached hydrogens (tertiary/aromatic N) is 1. The van der Waals surface area contributed by atoms with Crippen LogP contribution in [-0.4, -0.2) is 17.4 Å². The van der Waals surface area contributed by atoms with Gasteiger partial charge in [0.25, 0.3) is 5.91 Å². The zero-order chi connectivity index (χ0) is 20.0. The van der Waals surface area contributed by atoms with Crippen molar-refractivity contribution < 1.29 is 22.7 Å². The Morgan fingerprint density at radius 1 is 0.964 bits per heavy atom. The van der Waals surface area contributed by atoms with Crippen LogP contribution in [0.2, 0.25) is 0 Å². The van der Waals surface area contributed by atoms with Crippen LogP contribution in [0.5, 0.6) is 11.5 Å². The molecule has 0 unspecified atom stereocenters. The van der Waals surface area contributed by atoms with Gasteiger partial charge in [0.15, 0.2) is 0 Å². The first-order valence-electron chi connectivity index (χ1n) is 8.55. The Morgan fingerprint density at radius 3 is 2.39 bits per heavy atom. The van der Waals surface area contributed by atoms with Crippen molar-refractivity contribution in [2.75, 3.05) is 6.54 Å². The van der Waals surface area contributed by atoms with Gasteiger partial charge in [0.2, 0.25) is 0 Å². The van der Waals surface area contributed by atoms with Crippen molar-refractivity contribution in [2.24, 2.45) is 0 Å². The topological polar surface area (TPSA) is 51.2 Å². The second kappa shape index (κ2) is 8.56. The highest BCUT2D eigenvalue weighted by Crippen LogP contribution is 2.31. The summed E-state index contributed by atoms with van der Waals surface area (Å²) in [7, 11) is 0. The van der Waals surface area contributed by atoms with E-state index in [1.807, 2.05) is 0 Å². The molecule has 0 bridgehead atoms. The molecular formula is C21H17F3N2O2. The molecule has 0 atom stereocenters. The Labute approximate surface area is 160 Å². The Morgan fingerprint density at radius 2 is 1.71 bits per heavy atom. The SMILES string of the molecule is O=C(NCCc1ccccc1C(F)(F)F)c1ccc(Oc2cccnc2)cc1. The number of ether oxygens (including phenoxy) is 1. The number of amides is 1. The third kappa shape index (κ3) is 5.09. The molecule has 28 heavy (non-hydrogen) atoms. The van der Waals surface area contributed by atoms with Crippen LogP contribution in [0.3, 0.4) is 0 Å². The van der Waals surface area contributed by atoms with Crippen LogP contribution in [0, 0.1) is 0 Å². The number of halogens is 3. The Balaban J connectivity index is 1.56. The van der Waals surface area contributed by atoms with Gasteiger partial charge in [0.1, 0.15) is 11.5 Å². The number of hydrogen-bond donors (Lipinski definition) is 1. The predicted octanol–water partition coefficient (Wildman–Crippen LogP) is 4.87. The second-order valence-corrected chi connectivity index (χ2v) is 5.98. The first-order valence-corrected chi connectivity index (χ1v) is 8.55. The molecule has 0 saturated heterocycles. The molecular weight excluding hydrogens is 369 g/mol. The van der Waals surface area contributed by atoms with E-state index in [2.05, 4.69) is 10.3 Å². The van der Waals surface area contributed by atoms with Crippen LogP contribution in [0.4, 0.5) is 13.2 Å². The minimum atomic E-state index is -4.41. The van der Waals surface area contributed by atoms with Crippen LogP contribution < -0.4 is 10.1 Å². The van der Waals surface area contributed by atoms with Gasteiger partial charge >= 0.3 is 6.18 Å². The van der Waals surface area contributed by atoms with Crippen LogP contribution in [0.1, 0.15) is 21.5 Å². The Kier molecular flexibility index (Phi) is 5.93.